The highest BCUT2D eigenvalue weighted by molar-refractivity contribution is 7.98. The van der Waals surface area contributed by atoms with E-state index in [0.717, 1.165) is 6.07 Å². The summed E-state index contributed by atoms with van der Waals surface area (Å²) in [5.74, 6) is -3.21. The predicted octanol–water partition coefficient (Wildman–Crippen LogP) is 3.38. The standard InChI is InChI=1S/C18H17F3N4O3S/c1-29-10-2-5-14(13(20)6-10)23-16-11(3-4-12(19)15(16)21)17-24-25-18(28-17)22-9(7-26)8-27/h2-6,9,23,26-27H,7-8H2,1H3,(H,22,25). The SMILES string of the molecule is CSc1ccc(Nc2c(-c3nnc(NC(CO)CO)o3)ccc(F)c2F)c(F)c1. The minimum Gasteiger partial charge on any atom is -0.403 e. The molecule has 4 N–H and O–H groups in total. The highest BCUT2D eigenvalue weighted by Gasteiger charge is 2.21. The van der Waals surface area contributed by atoms with Crippen LogP contribution in [0.25, 0.3) is 11.5 Å². The second-order valence-corrected chi connectivity index (χ2v) is 6.75. The third kappa shape index (κ3) is 4.63. The number of anilines is 3. The van der Waals surface area contributed by atoms with Crippen molar-refractivity contribution in [3.8, 4) is 11.5 Å². The van der Waals surface area contributed by atoms with Crippen molar-refractivity contribution in [2.24, 2.45) is 0 Å². The summed E-state index contributed by atoms with van der Waals surface area (Å²) in [6, 6.07) is 5.51. The van der Waals surface area contributed by atoms with E-state index in [9.17, 15) is 13.2 Å². The van der Waals surface area contributed by atoms with Crippen LogP contribution in [0.3, 0.4) is 0 Å². The van der Waals surface area contributed by atoms with Gasteiger partial charge in [-0.05, 0) is 36.6 Å². The Kier molecular flexibility index (Phi) is 6.62. The van der Waals surface area contributed by atoms with Crippen molar-refractivity contribution in [3.63, 3.8) is 0 Å². The molecule has 0 saturated carbocycles. The lowest BCUT2D eigenvalue weighted by molar-refractivity contribution is 0.202. The molecule has 154 valence electrons. The Bertz CT molecular complexity index is 998. The van der Waals surface area contributed by atoms with Crippen molar-refractivity contribution in [2.75, 3.05) is 30.1 Å². The summed E-state index contributed by atoms with van der Waals surface area (Å²) in [5.41, 5.74) is -0.439. The zero-order valence-electron chi connectivity index (χ0n) is 15.1. The fraction of sp³-hybridized carbons (Fsp3) is 0.222. The van der Waals surface area contributed by atoms with Crippen LogP contribution < -0.4 is 10.6 Å². The van der Waals surface area contributed by atoms with Crippen LogP contribution in [0.1, 0.15) is 0 Å². The Hall–Kier alpha value is -2.76. The van der Waals surface area contributed by atoms with Crippen molar-refractivity contribution < 1.29 is 27.8 Å². The van der Waals surface area contributed by atoms with Crippen molar-refractivity contribution in [1.29, 1.82) is 0 Å². The average Bonchev–Trinajstić information content (AvgIpc) is 3.19. The van der Waals surface area contributed by atoms with Crippen LogP contribution in [-0.2, 0) is 0 Å². The Morgan fingerprint density at radius 1 is 1.07 bits per heavy atom. The molecule has 2 aromatic carbocycles. The van der Waals surface area contributed by atoms with Crippen LogP contribution in [0.5, 0.6) is 0 Å². The first-order valence-electron chi connectivity index (χ1n) is 8.37. The maximum Gasteiger partial charge on any atom is 0.316 e. The molecule has 1 heterocycles. The lowest BCUT2D eigenvalue weighted by Gasteiger charge is -2.13. The molecular weight excluding hydrogens is 409 g/mol. The lowest BCUT2D eigenvalue weighted by atomic mass is 10.1. The van der Waals surface area contributed by atoms with Gasteiger partial charge in [-0.3, -0.25) is 0 Å². The fourth-order valence-electron chi connectivity index (χ4n) is 2.42. The van der Waals surface area contributed by atoms with Gasteiger partial charge in [0.2, 0.25) is 0 Å². The van der Waals surface area contributed by atoms with E-state index in [1.807, 2.05) is 0 Å². The molecular formula is C18H17F3N4O3S. The van der Waals surface area contributed by atoms with E-state index in [-0.39, 0.29) is 28.8 Å². The van der Waals surface area contributed by atoms with Crippen molar-refractivity contribution >= 4 is 29.2 Å². The maximum atomic E-state index is 14.5. The minimum absolute atomic E-state index is 0.00217. The highest BCUT2D eigenvalue weighted by atomic mass is 32.2. The van der Waals surface area contributed by atoms with E-state index in [4.69, 9.17) is 14.6 Å². The molecule has 3 rings (SSSR count). The van der Waals surface area contributed by atoms with E-state index in [2.05, 4.69) is 20.8 Å². The molecule has 0 aliphatic rings. The molecule has 0 atom stereocenters. The van der Waals surface area contributed by atoms with Crippen molar-refractivity contribution in [3.05, 3.63) is 47.8 Å². The van der Waals surface area contributed by atoms with Gasteiger partial charge < -0.3 is 25.3 Å². The number of aromatic nitrogens is 2. The quantitative estimate of drug-likeness (QED) is 0.407. The molecule has 3 aromatic rings. The monoisotopic (exact) mass is 426 g/mol. The van der Waals surface area contributed by atoms with Crippen LogP contribution in [0, 0.1) is 17.5 Å². The number of nitrogens with zero attached hydrogens (tertiary/aromatic N) is 2. The summed E-state index contributed by atoms with van der Waals surface area (Å²) in [4.78, 5) is 0.669. The van der Waals surface area contributed by atoms with E-state index in [0.29, 0.717) is 4.90 Å². The molecule has 0 unspecified atom stereocenters. The number of halogens is 3. The Morgan fingerprint density at radius 2 is 1.83 bits per heavy atom. The first-order chi connectivity index (χ1) is 14.0. The summed E-state index contributed by atoms with van der Waals surface area (Å²) in [6.07, 6.45) is 1.78. The normalized spacial score (nSPS) is 11.1. The number of rotatable bonds is 8. The van der Waals surface area contributed by atoms with Gasteiger partial charge in [-0.15, -0.1) is 16.9 Å². The number of aliphatic hydroxyl groups is 2. The molecule has 29 heavy (non-hydrogen) atoms. The molecule has 7 nitrogen and oxygen atoms in total. The lowest BCUT2D eigenvalue weighted by Crippen LogP contribution is -2.27. The molecule has 0 spiro atoms. The van der Waals surface area contributed by atoms with Gasteiger partial charge in [-0.1, -0.05) is 5.10 Å². The minimum atomic E-state index is -1.24. The largest absolute Gasteiger partial charge is 0.403 e. The van der Waals surface area contributed by atoms with Gasteiger partial charge in [0.25, 0.3) is 5.89 Å². The van der Waals surface area contributed by atoms with Crippen molar-refractivity contribution in [1.82, 2.24) is 10.2 Å². The second-order valence-electron chi connectivity index (χ2n) is 5.87. The Balaban J connectivity index is 1.97. The van der Waals surface area contributed by atoms with E-state index in [1.165, 1.54) is 30.0 Å². The number of hydrogen-bond donors (Lipinski definition) is 4. The molecule has 0 saturated heterocycles. The van der Waals surface area contributed by atoms with Crippen LogP contribution in [0.4, 0.5) is 30.6 Å². The smallest absolute Gasteiger partial charge is 0.316 e. The van der Waals surface area contributed by atoms with E-state index >= 15 is 0 Å². The van der Waals surface area contributed by atoms with Crippen LogP contribution in [0.15, 0.2) is 39.6 Å². The summed E-state index contributed by atoms with van der Waals surface area (Å²) in [5, 5.41) is 30.8. The van der Waals surface area contributed by atoms with Crippen LogP contribution in [-0.4, -0.2) is 45.9 Å². The molecule has 11 heteroatoms. The molecule has 0 bridgehead atoms. The number of benzene rings is 2. The zero-order chi connectivity index (χ0) is 21.0. The number of thioether (sulfide) groups is 1. The zero-order valence-corrected chi connectivity index (χ0v) is 15.9. The van der Waals surface area contributed by atoms with Gasteiger partial charge in [0.05, 0.1) is 36.2 Å². The average molecular weight is 426 g/mol. The van der Waals surface area contributed by atoms with Gasteiger partial charge in [0, 0.05) is 4.90 Å². The third-order valence-electron chi connectivity index (χ3n) is 3.95. The number of aliphatic hydroxyl groups excluding tert-OH is 2. The summed E-state index contributed by atoms with van der Waals surface area (Å²) < 4.78 is 48.0. The highest BCUT2D eigenvalue weighted by Crippen LogP contribution is 2.35. The molecule has 0 aliphatic carbocycles. The first-order valence-corrected chi connectivity index (χ1v) is 9.60. The predicted molar refractivity (Wildman–Crippen MR) is 103 cm³/mol. The van der Waals surface area contributed by atoms with Gasteiger partial charge in [0.15, 0.2) is 11.6 Å². The van der Waals surface area contributed by atoms with E-state index in [1.54, 1.807) is 12.3 Å². The summed E-state index contributed by atoms with van der Waals surface area (Å²) >= 11 is 1.34. The summed E-state index contributed by atoms with van der Waals surface area (Å²) in [6.45, 7) is -0.783. The van der Waals surface area contributed by atoms with E-state index < -0.39 is 36.7 Å². The third-order valence-corrected chi connectivity index (χ3v) is 4.68. The van der Waals surface area contributed by atoms with Crippen molar-refractivity contribution in [2.45, 2.75) is 10.9 Å². The Labute approximate surface area is 168 Å². The van der Waals surface area contributed by atoms with Gasteiger partial charge in [0.1, 0.15) is 5.82 Å². The molecule has 0 radical (unpaired) electrons. The maximum absolute atomic E-state index is 14.5. The molecule has 1 aromatic heterocycles. The van der Waals surface area contributed by atoms with Gasteiger partial charge in [-0.2, -0.15) is 0 Å². The van der Waals surface area contributed by atoms with Gasteiger partial charge >= 0.3 is 6.01 Å². The molecule has 0 fully saturated rings. The van der Waals surface area contributed by atoms with Crippen LogP contribution in [0.2, 0.25) is 0 Å². The fourth-order valence-corrected chi connectivity index (χ4v) is 2.85. The molecule has 0 amide bonds. The summed E-state index contributed by atoms with van der Waals surface area (Å²) in [7, 11) is 0. The Morgan fingerprint density at radius 3 is 2.48 bits per heavy atom. The molecule has 0 aliphatic heterocycles. The van der Waals surface area contributed by atoms with Crippen LogP contribution >= 0.6 is 11.8 Å². The first kappa shape index (κ1) is 21.0. The second kappa shape index (κ2) is 9.16. The topological polar surface area (TPSA) is 103 Å². The number of nitrogens with one attached hydrogen (secondary N) is 2. The van der Waals surface area contributed by atoms with Gasteiger partial charge in [-0.25, -0.2) is 13.2 Å². The number of hydrogen-bond acceptors (Lipinski definition) is 8.